The molecule has 0 aromatic heterocycles. The van der Waals surface area contributed by atoms with Gasteiger partial charge >= 0.3 is 0 Å². The fourth-order valence-electron chi connectivity index (χ4n) is 1.26. The molecular formula is C12H18O3. The maximum atomic E-state index is 10.5. The third kappa shape index (κ3) is 3.72. The maximum Gasteiger partial charge on any atom is 0.154 e. The lowest BCUT2D eigenvalue weighted by Gasteiger charge is -2.05. The van der Waals surface area contributed by atoms with Crippen molar-refractivity contribution in [3.63, 3.8) is 0 Å². The van der Waals surface area contributed by atoms with Crippen molar-refractivity contribution in [2.24, 2.45) is 0 Å². The number of phenols is 1. The molecule has 0 fully saturated rings. The van der Waals surface area contributed by atoms with Gasteiger partial charge in [0.15, 0.2) is 6.29 Å². The average molecular weight is 210 g/mol. The van der Waals surface area contributed by atoms with Gasteiger partial charge in [-0.1, -0.05) is 19.9 Å². The topological polar surface area (TPSA) is 46.5 Å². The van der Waals surface area contributed by atoms with Gasteiger partial charge in [0.05, 0.1) is 12.2 Å². The lowest BCUT2D eigenvalue weighted by molar-refractivity contribution is 0.112. The van der Waals surface area contributed by atoms with Crippen molar-refractivity contribution in [1.29, 1.82) is 0 Å². The van der Waals surface area contributed by atoms with Crippen molar-refractivity contribution < 1.29 is 14.6 Å². The maximum absolute atomic E-state index is 10.5. The Bertz CT molecular complexity index is 296. The minimum Gasteiger partial charge on any atom is -0.507 e. The molecule has 0 radical (unpaired) electrons. The van der Waals surface area contributed by atoms with Crippen LogP contribution < -0.4 is 0 Å². The molecule has 3 nitrogen and oxygen atoms in total. The Morgan fingerprint density at radius 2 is 2.00 bits per heavy atom. The lowest BCUT2D eigenvalue weighted by Crippen LogP contribution is -1.93. The fraction of sp³-hybridized carbons (Fsp3) is 0.417. The number of aromatic hydroxyl groups is 1. The van der Waals surface area contributed by atoms with E-state index in [0.29, 0.717) is 18.5 Å². The van der Waals surface area contributed by atoms with E-state index in [1.165, 1.54) is 0 Å². The normalized spacial score (nSPS) is 9.07. The number of ether oxygens (including phenoxy) is 1. The summed E-state index contributed by atoms with van der Waals surface area (Å²) in [6.45, 7) is 6.22. The molecule has 0 aliphatic rings. The molecule has 1 N–H and O–H groups in total. The summed E-state index contributed by atoms with van der Waals surface area (Å²) in [5.41, 5.74) is 1.98. The second-order valence-electron chi connectivity index (χ2n) is 2.90. The molecule has 0 amide bonds. The Hall–Kier alpha value is -1.35. The molecule has 0 spiro atoms. The Labute approximate surface area is 90.7 Å². The summed E-state index contributed by atoms with van der Waals surface area (Å²) in [7, 11) is 1.58. The summed E-state index contributed by atoms with van der Waals surface area (Å²) in [4.78, 5) is 10.5. The van der Waals surface area contributed by atoms with Gasteiger partial charge in [0, 0.05) is 7.11 Å². The average Bonchev–Trinajstić information content (AvgIpc) is 2.21. The molecule has 0 aliphatic heterocycles. The molecule has 0 atom stereocenters. The zero-order chi connectivity index (χ0) is 11.8. The zero-order valence-corrected chi connectivity index (χ0v) is 9.70. The molecule has 84 valence electrons. The van der Waals surface area contributed by atoms with E-state index in [9.17, 15) is 9.90 Å². The van der Waals surface area contributed by atoms with Crippen LogP contribution in [0.2, 0.25) is 0 Å². The minimum atomic E-state index is 0.0158. The first kappa shape index (κ1) is 13.7. The number of hydrogen-bond donors (Lipinski definition) is 1. The lowest BCUT2D eigenvalue weighted by atomic mass is 10.1. The number of carbonyl (C=O) groups excluding carboxylic acids is 1. The summed E-state index contributed by atoms with van der Waals surface area (Å²) in [5, 5.41) is 9.41. The standard InChI is InChI=1S/C10H12O3.C2H6/c1-7-3-8(6-13-2)4-10(12)9(7)5-11;1-2/h3-5,12H,6H2,1-2H3;1-2H3. The van der Waals surface area contributed by atoms with Crippen molar-refractivity contribution in [1.82, 2.24) is 0 Å². The van der Waals surface area contributed by atoms with Crippen LogP contribution in [-0.2, 0) is 11.3 Å². The predicted octanol–water partition coefficient (Wildman–Crippen LogP) is 2.69. The highest BCUT2D eigenvalue weighted by atomic mass is 16.5. The van der Waals surface area contributed by atoms with Crippen LogP contribution in [0.4, 0.5) is 0 Å². The van der Waals surface area contributed by atoms with E-state index in [-0.39, 0.29) is 5.75 Å². The highest BCUT2D eigenvalue weighted by Gasteiger charge is 2.05. The molecule has 3 heteroatoms. The summed E-state index contributed by atoms with van der Waals surface area (Å²) >= 11 is 0. The first-order valence-corrected chi connectivity index (χ1v) is 4.95. The minimum absolute atomic E-state index is 0.0158. The SMILES string of the molecule is CC.COCc1cc(C)c(C=O)c(O)c1. The van der Waals surface area contributed by atoms with E-state index in [2.05, 4.69) is 0 Å². The second-order valence-corrected chi connectivity index (χ2v) is 2.90. The first-order chi connectivity index (χ1) is 7.19. The van der Waals surface area contributed by atoms with E-state index in [0.717, 1.165) is 11.1 Å². The number of benzene rings is 1. The molecule has 0 saturated heterocycles. The van der Waals surface area contributed by atoms with Gasteiger partial charge in [0.25, 0.3) is 0 Å². The van der Waals surface area contributed by atoms with Crippen LogP contribution in [-0.4, -0.2) is 18.5 Å². The number of rotatable bonds is 3. The van der Waals surface area contributed by atoms with Gasteiger partial charge in [-0.2, -0.15) is 0 Å². The van der Waals surface area contributed by atoms with E-state index in [4.69, 9.17) is 4.74 Å². The van der Waals surface area contributed by atoms with Gasteiger partial charge in [-0.25, -0.2) is 0 Å². The Morgan fingerprint density at radius 1 is 1.40 bits per heavy atom. The van der Waals surface area contributed by atoms with Crippen LogP contribution in [0.15, 0.2) is 12.1 Å². The number of hydrogen-bond acceptors (Lipinski definition) is 3. The number of aldehydes is 1. The van der Waals surface area contributed by atoms with E-state index in [1.54, 1.807) is 20.1 Å². The fourth-order valence-corrected chi connectivity index (χ4v) is 1.26. The van der Waals surface area contributed by atoms with Crippen LogP contribution in [0.5, 0.6) is 5.75 Å². The predicted molar refractivity (Wildman–Crippen MR) is 60.3 cm³/mol. The van der Waals surface area contributed by atoms with Crippen molar-refractivity contribution in [3.05, 3.63) is 28.8 Å². The zero-order valence-electron chi connectivity index (χ0n) is 9.70. The second kappa shape index (κ2) is 7.01. The molecule has 1 aromatic carbocycles. The van der Waals surface area contributed by atoms with Crippen LogP contribution in [0.1, 0.15) is 35.3 Å². The van der Waals surface area contributed by atoms with E-state index < -0.39 is 0 Å². The van der Waals surface area contributed by atoms with Gasteiger partial charge in [0.1, 0.15) is 5.75 Å². The summed E-state index contributed by atoms with van der Waals surface area (Å²) < 4.78 is 4.91. The Morgan fingerprint density at radius 3 is 2.40 bits per heavy atom. The monoisotopic (exact) mass is 210 g/mol. The van der Waals surface area contributed by atoms with Gasteiger partial charge in [-0.05, 0) is 24.1 Å². The van der Waals surface area contributed by atoms with Crippen LogP contribution in [0, 0.1) is 6.92 Å². The van der Waals surface area contributed by atoms with E-state index in [1.807, 2.05) is 19.9 Å². The first-order valence-electron chi connectivity index (χ1n) is 4.95. The highest BCUT2D eigenvalue weighted by molar-refractivity contribution is 5.81. The molecular weight excluding hydrogens is 192 g/mol. The molecule has 1 aromatic rings. The molecule has 0 unspecified atom stereocenters. The number of methoxy groups -OCH3 is 1. The van der Waals surface area contributed by atoms with Crippen molar-refractivity contribution >= 4 is 6.29 Å². The molecule has 0 saturated carbocycles. The van der Waals surface area contributed by atoms with Crippen molar-refractivity contribution in [2.45, 2.75) is 27.4 Å². The number of carbonyl (C=O) groups is 1. The van der Waals surface area contributed by atoms with Crippen LogP contribution in [0.3, 0.4) is 0 Å². The van der Waals surface area contributed by atoms with Crippen LogP contribution in [0.25, 0.3) is 0 Å². The summed E-state index contributed by atoms with van der Waals surface area (Å²) in [6.07, 6.45) is 0.654. The molecule has 15 heavy (non-hydrogen) atoms. The number of phenolic OH excluding ortho intramolecular Hbond substituents is 1. The third-order valence-corrected chi connectivity index (χ3v) is 1.85. The van der Waals surface area contributed by atoms with Gasteiger partial charge in [-0.3, -0.25) is 4.79 Å². The van der Waals surface area contributed by atoms with Crippen molar-refractivity contribution in [2.75, 3.05) is 7.11 Å². The molecule has 0 aliphatic carbocycles. The highest BCUT2D eigenvalue weighted by Crippen LogP contribution is 2.21. The molecule has 0 heterocycles. The van der Waals surface area contributed by atoms with E-state index >= 15 is 0 Å². The van der Waals surface area contributed by atoms with Gasteiger partial charge < -0.3 is 9.84 Å². The number of aryl methyl sites for hydroxylation is 1. The quantitative estimate of drug-likeness (QED) is 0.780. The van der Waals surface area contributed by atoms with Gasteiger partial charge in [0.2, 0.25) is 0 Å². The summed E-state index contributed by atoms with van der Waals surface area (Å²) in [5.74, 6) is 0.0158. The largest absolute Gasteiger partial charge is 0.507 e. The smallest absolute Gasteiger partial charge is 0.154 e. The third-order valence-electron chi connectivity index (χ3n) is 1.85. The molecule has 1 rings (SSSR count). The Balaban J connectivity index is 0.000000921. The van der Waals surface area contributed by atoms with Crippen LogP contribution >= 0.6 is 0 Å². The Kier molecular flexibility index (Phi) is 6.38. The van der Waals surface area contributed by atoms with Gasteiger partial charge in [-0.15, -0.1) is 0 Å². The van der Waals surface area contributed by atoms with Crippen molar-refractivity contribution in [3.8, 4) is 5.75 Å². The summed E-state index contributed by atoms with van der Waals surface area (Å²) in [6, 6.07) is 3.37. The molecule has 0 bridgehead atoms.